The number of hydrogen-bond donors (Lipinski definition) is 1. The molecule has 0 saturated carbocycles. The van der Waals surface area contributed by atoms with Crippen molar-refractivity contribution in [1.29, 1.82) is 5.26 Å². The summed E-state index contributed by atoms with van der Waals surface area (Å²) >= 11 is 0. The van der Waals surface area contributed by atoms with Gasteiger partial charge in [-0.15, -0.1) is 0 Å². The van der Waals surface area contributed by atoms with E-state index in [0.29, 0.717) is 12.0 Å². The molecular formula is C14H19N3O2. The van der Waals surface area contributed by atoms with E-state index in [1.165, 1.54) is 6.07 Å². The van der Waals surface area contributed by atoms with Crippen molar-refractivity contribution < 1.29 is 4.92 Å². The Morgan fingerprint density at radius 2 is 2.16 bits per heavy atom. The summed E-state index contributed by atoms with van der Waals surface area (Å²) < 4.78 is 0. The minimum atomic E-state index is -0.521. The molecule has 1 aromatic carbocycles. The van der Waals surface area contributed by atoms with Crippen molar-refractivity contribution in [2.24, 2.45) is 5.92 Å². The van der Waals surface area contributed by atoms with Gasteiger partial charge in [0.25, 0.3) is 5.69 Å². The van der Waals surface area contributed by atoms with E-state index in [1.807, 2.05) is 13.0 Å². The molecule has 5 nitrogen and oxygen atoms in total. The van der Waals surface area contributed by atoms with Crippen LogP contribution >= 0.6 is 0 Å². The van der Waals surface area contributed by atoms with Crippen LogP contribution in [0.15, 0.2) is 18.2 Å². The van der Waals surface area contributed by atoms with Crippen LogP contribution < -0.4 is 5.32 Å². The molecule has 1 atom stereocenters. The minimum absolute atomic E-state index is 0.126. The summed E-state index contributed by atoms with van der Waals surface area (Å²) in [6.07, 6.45) is 0.762. The first-order valence-electron chi connectivity index (χ1n) is 6.40. The van der Waals surface area contributed by atoms with Crippen LogP contribution in [0.25, 0.3) is 0 Å². The fraction of sp³-hybridized carbons (Fsp3) is 0.500. The van der Waals surface area contributed by atoms with Crippen molar-refractivity contribution in [2.75, 3.05) is 6.54 Å². The Morgan fingerprint density at radius 3 is 2.63 bits per heavy atom. The van der Waals surface area contributed by atoms with E-state index < -0.39 is 4.92 Å². The Kier molecular flexibility index (Phi) is 5.46. The lowest BCUT2D eigenvalue weighted by molar-refractivity contribution is -0.385. The van der Waals surface area contributed by atoms with E-state index in [-0.39, 0.29) is 11.3 Å². The van der Waals surface area contributed by atoms with E-state index in [4.69, 9.17) is 5.26 Å². The van der Waals surface area contributed by atoms with Crippen molar-refractivity contribution in [2.45, 2.75) is 33.2 Å². The maximum absolute atomic E-state index is 10.8. The Labute approximate surface area is 113 Å². The van der Waals surface area contributed by atoms with Gasteiger partial charge in [0.05, 0.1) is 4.92 Å². The SMILES string of the molecule is CCNC(Cc1ccc([N+](=O)[O-])c(C#N)c1)C(C)C. The molecular weight excluding hydrogens is 242 g/mol. The second-order valence-electron chi connectivity index (χ2n) is 4.83. The van der Waals surface area contributed by atoms with Crippen molar-refractivity contribution in [3.63, 3.8) is 0 Å². The third-order valence-corrected chi connectivity index (χ3v) is 3.10. The van der Waals surface area contributed by atoms with Crippen LogP contribution in [0.4, 0.5) is 5.69 Å². The molecule has 1 N–H and O–H groups in total. The predicted octanol–water partition coefficient (Wildman–Crippen LogP) is 2.64. The van der Waals surface area contributed by atoms with E-state index in [1.54, 1.807) is 12.1 Å². The lowest BCUT2D eigenvalue weighted by Crippen LogP contribution is -2.35. The Morgan fingerprint density at radius 1 is 1.47 bits per heavy atom. The maximum atomic E-state index is 10.8. The average Bonchev–Trinajstić information content (AvgIpc) is 2.37. The summed E-state index contributed by atoms with van der Waals surface area (Å²) in [5.41, 5.74) is 0.944. The molecule has 0 aliphatic rings. The van der Waals surface area contributed by atoms with Gasteiger partial charge in [-0.1, -0.05) is 26.8 Å². The molecule has 1 rings (SSSR count). The van der Waals surface area contributed by atoms with Crippen molar-refractivity contribution in [3.8, 4) is 6.07 Å². The molecule has 0 fully saturated rings. The minimum Gasteiger partial charge on any atom is -0.314 e. The van der Waals surface area contributed by atoms with Gasteiger partial charge in [0.15, 0.2) is 0 Å². The first-order chi connectivity index (χ1) is 8.99. The zero-order valence-electron chi connectivity index (χ0n) is 11.5. The fourth-order valence-electron chi connectivity index (χ4n) is 2.02. The molecule has 0 aliphatic heterocycles. The highest BCUT2D eigenvalue weighted by molar-refractivity contribution is 5.50. The first kappa shape index (κ1) is 15.1. The monoisotopic (exact) mass is 261 g/mol. The van der Waals surface area contributed by atoms with Crippen LogP contribution in [0.2, 0.25) is 0 Å². The third kappa shape index (κ3) is 4.04. The number of likely N-dealkylation sites (N-methyl/N-ethyl adjacent to an activating group) is 1. The molecule has 0 saturated heterocycles. The summed E-state index contributed by atoms with van der Waals surface area (Å²) in [5.74, 6) is 0.459. The topological polar surface area (TPSA) is 79.0 Å². The zero-order chi connectivity index (χ0) is 14.4. The molecule has 0 aliphatic carbocycles. The lowest BCUT2D eigenvalue weighted by atomic mass is 9.95. The lowest BCUT2D eigenvalue weighted by Gasteiger charge is -2.21. The molecule has 0 aromatic heterocycles. The first-order valence-corrected chi connectivity index (χ1v) is 6.40. The third-order valence-electron chi connectivity index (χ3n) is 3.10. The van der Waals surface area contributed by atoms with Gasteiger partial charge in [0.1, 0.15) is 11.6 Å². The Balaban J connectivity index is 2.97. The molecule has 1 unspecified atom stereocenters. The van der Waals surface area contributed by atoms with Crippen LogP contribution in [-0.4, -0.2) is 17.5 Å². The second kappa shape index (κ2) is 6.86. The summed E-state index contributed by atoms with van der Waals surface area (Å²) in [7, 11) is 0. The number of nitrogens with one attached hydrogen (secondary N) is 1. The van der Waals surface area contributed by atoms with Gasteiger partial charge in [0, 0.05) is 12.1 Å². The van der Waals surface area contributed by atoms with Gasteiger partial charge in [0.2, 0.25) is 0 Å². The zero-order valence-corrected chi connectivity index (χ0v) is 11.5. The average molecular weight is 261 g/mol. The Bertz CT molecular complexity index is 492. The number of hydrogen-bond acceptors (Lipinski definition) is 4. The van der Waals surface area contributed by atoms with Crippen LogP contribution in [0.5, 0.6) is 0 Å². The van der Waals surface area contributed by atoms with Crippen LogP contribution in [0.1, 0.15) is 31.9 Å². The molecule has 19 heavy (non-hydrogen) atoms. The van der Waals surface area contributed by atoms with Gasteiger partial charge in [-0.2, -0.15) is 5.26 Å². The molecule has 0 bridgehead atoms. The molecule has 1 aromatic rings. The normalized spacial score (nSPS) is 12.2. The summed E-state index contributed by atoms with van der Waals surface area (Å²) in [6.45, 7) is 7.18. The van der Waals surface area contributed by atoms with Crippen LogP contribution in [0.3, 0.4) is 0 Å². The number of benzene rings is 1. The summed E-state index contributed by atoms with van der Waals surface area (Å²) in [5, 5.41) is 23.1. The van der Waals surface area contributed by atoms with Gasteiger partial charge >= 0.3 is 0 Å². The number of rotatable bonds is 6. The predicted molar refractivity (Wildman–Crippen MR) is 73.8 cm³/mol. The second-order valence-corrected chi connectivity index (χ2v) is 4.83. The van der Waals surface area contributed by atoms with Gasteiger partial charge in [-0.25, -0.2) is 0 Å². The van der Waals surface area contributed by atoms with E-state index in [0.717, 1.165) is 18.5 Å². The Hall–Kier alpha value is -1.93. The molecule has 0 heterocycles. The van der Waals surface area contributed by atoms with E-state index in [9.17, 15) is 10.1 Å². The van der Waals surface area contributed by atoms with Gasteiger partial charge in [-0.3, -0.25) is 10.1 Å². The largest absolute Gasteiger partial charge is 0.314 e. The summed E-state index contributed by atoms with van der Waals surface area (Å²) in [4.78, 5) is 10.2. The van der Waals surface area contributed by atoms with Crippen molar-refractivity contribution in [3.05, 3.63) is 39.4 Å². The highest BCUT2D eigenvalue weighted by Crippen LogP contribution is 2.20. The fourth-order valence-corrected chi connectivity index (χ4v) is 2.02. The van der Waals surface area contributed by atoms with Crippen molar-refractivity contribution >= 4 is 5.69 Å². The van der Waals surface area contributed by atoms with Gasteiger partial charge < -0.3 is 5.32 Å². The smallest absolute Gasteiger partial charge is 0.287 e. The molecule has 102 valence electrons. The van der Waals surface area contributed by atoms with E-state index >= 15 is 0 Å². The summed E-state index contributed by atoms with van der Waals surface area (Å²) in [6, 6.07) is 6.95. The van der Waals surface area contributed by atoms with Crippen molar-refractivity contribution in [1.82, 2.24) is 5.32 Å². The number of nitro benzene ring substituents is 1. The molecule has 0 amide bonds. The van der Waals surface area contributed by atoms with E-state index in [2.05, 4.69) is 19.2 Å². The quantitative estimate of drug-likeness (QED) is 0.630. The number of nitrogens with zero attached hydrogens (tertiary/aromatic N) is 2. The number of nitro groups is 1. The maximum Gasteiger partial charge on any atom is 0.287 e. The van der Waals surface area contributed by atoms with Crippen LogP contribution in [0, 0.1) is 27.4 Å². The highest BCUT2D eigenvalue weighted by atomic mass is 16.6. The highest BCUT2D eigenvalue weighted by Gasteiger charge is 2.17. The molecule has 0 radical (unpaired) electrons. The van der Waals surface area contributed by atoms with Gasteiger partial charge in [-0.05, 0) is 30.5 Å². The molecule has 5 heteroatoms. The molecule has 0 spiro atoms. The number of nitriles is 1. The van der Waals surface area contributed by atoms with Crippen LogP contribution in [-0.2, 0) is 6.42 Å². The standard InChI is InChI=1S/C14H19N3O2/c1-4-16-13(10(2)3)8-11-5-6-14(17(18)19)12(7-11)9-15/h5-7,10,13,16H,4,8H2,1-3H3.